The molecule has 0 saturated heterocycles. The first-order valence-electron chi connectivity index (χ1n) is 5.31. The molecule has 86 valence electrons. The first-order valence-corrected chi connectivity index (χ1v) is 5.31. The van der Waals surface area contributed by atoms with E-state index in [4.69, 9.17) is 0 Å². The van der Waals surface area contributed by atoms with Crippen molar-refractivity contribution in [2.45, 2.75) is 19.3 Å². The molecule has 0 saturated carbocycles. The van der Waals surface area contributed by atoms with E-state index in [1.54, 1.807) is 0 Å². The van der Waals surface area contributed by atoms with Crippen LogP contribution in [0.2, 0.25) is 0 Å². The molecular weight excluding hydrogens is 206 g/mol. The molecule has 0 heterocycles. The monoisotopic (exact) mass is 221 g/mol. The predicted molar refractivity (Wildman–Crippen MR) is 60.8 cm³/mol. The van der Waals surface area contributed by atoms with Gasteiger partial charge >= 0.3 is 0 Å². The Labute approximate surface area is 94.4 Å². The minimum Gasteiger partial charge on any atom is -0.303 e. The Hall–Kier alpha value is -1.71. The smallest absolute Gasteiger partial charge is 0.207 e. The van der Waals surface area contributed by atoms with Crippen molar-refractivity contribution in [1.82, 2.24) is 0 Å². The molecule has 0 aliphatic rings. The minimum atomic E-state index is -0.348. The van der Waals surface area contributed by atoms with Gasteiger partial charge < -0.3 is 4.79 Å². The molecule has 0 radical (unpaired) electrons. The Bertz CT molecular complexity index is 337. The molecular formula is C12H15NO3. The number of hydrogen-bond donors (Lipinski definition) is 0. The fourth-order valence-corrected chi connectivity index (χ4v) is 1.65. The summed E-state index contributed by atoms with van der Waals surface area (Å²) >= 11 is 0. The third kappa shape index (κ3) is 4.68. The third-order valence-corrected chi connectivity index (χ3v) is 2.52. The lowest BCUT2D eigenvalue weighted by Gasteiger charge is -2.08. The Balaban J connectivity index is 2.43. The Morgan fingerprint density at radius 2 is 2.00 bits per heavy atom. The lowest BCUT2D eigenvalue weighted by Crippen LogP contribution is -2.15. The molecule has 0 amide bonds. The van der Waals surface area contributed by atoms with E-state index in [-0.39, 0.29) is 23.8 Å². The third-order valence-electron chi connectivity index (χ3n) is 2.52. The van der Waals surface area contributed by atoms with Crippen molar-refractivity contribution in [3.63, 3.8) is 0 Å². The van der Waals surface area contributed by atoms with Gasteiger partial charge in [0.25, 0.3) is 0 Å². The van der Waals surface area contributed by atoms with Gasteiger partial charge in [-0.1, -0.05) is 30.3 Å². The normalized spacial score (nSPS) is 12.0. The molecule has 0 fully saturated rings. The SMILES string of the molecule is O=CCC(CCc1ccccc1)C[N+](=O)[O-]. The zero-order valence-electron chi connectivity index (χ0n) is 9.04. The van der Waals surface area contributed by atoms with Gasteiger partial charge in [-0.25, -0.2) is 0 Å². The summed E-state index contributed by atoms with van der Waals surface area (Å²) < 4.78 is 0. The summed E-state index contributed by atoms with van der Waals surface area (Å²) in [5.41, 5.74) is 1.15. The van der Waals surface area contributed by atoms with Crippen molar-refractivity contribution < 1.29 is 9.72 Å². The summed E-state index contributed by atoms with van der Waals surface area (Å²) in [5.74, 6) is -0.146. The summed E-state index contributed by atoms with van der Waals surface area (Å²) in [6, 6.07) is 9.80. The maximum atomic E-state index is 10.4. The van der Waals surface area contributed by atoms with Crippen LogP contribution in [-0.2, 0) is 11.2 Å². The fourth-order valence-electron chi connectivity index (χ4n) is 1.65. The highest BCUT2D eigenvalue weighted by Gasteiger charge is 2.14. The predicted octanol–water partition coefficient (Wildman–Crippen LogP) is 2.10. The van der Waals surface area contributed by atoms with Crippen LogP contribution in [0.15, 0.2) is 30.3 Å². The van der Waals surface area contributed by atoms with Gasteiger partial charge in [0.1, 0.15) is 6.29 Å². The topological polar surface area (TPSA) is 60.2 Å². The largest absolute Gasteiger partial charge is 0.303 e. The number of nitro groups is 1. The molecule has 4 nitrogen and oxygen atoms in total. The lowest BCUT2D eigenvalue weighted by molar-refractivity contribution is -0.488. The average molecular weight is 221 g/mol. The van der Waals surface area contributed by atoms with Crippen molar-refractivity contribution in [3.8, 4) is 0 Å². The number of carbonyl (C=O) groups is 1. The standard InChI is InChI=1S/C12H15NO3/c14-9-8-12(10-13(15)16)7-6-11-4-2-1-3-5-11/h1-5,9,12H,6-8,10H2. The molecule has 1 aromatic rings. The minimum absolute atomic E-state index is 0.119. The maximum Gasteiger partial charge on any atom is 0.207 e. The zero-order chi connectivity index (χ0) is 11.8. The van der Waals surface area contributed by atoms with E-state index in [0.717, 1.165) is 18.3 Å². The van der Waals surface area contributed by atoms with E-state index >= 15 is 0 Å². The Morgan fingerprint density at radius 3 is 2.56 bits per heavy atom. The van der Waals surface area contributed by atoms with Crippen molar-refractivity contribution in [2.24, 2.45) is 5.92 Å². The molecule has 1 aromatic carbocycles. The second-order valence-electron chi connectivity index (χ2n) is 3.81. The number of benzene rings is 1. The quantitative estimate of drug-likeness (QED) is 0.402. The van der Waals surface area contributed by atoms with Crippen LogP contribution >= 0.6 is 0 Å². The molecule has 0 aliphatic heterocycles. The lowest BCUT2D eigenvalue weighted by atomic mass is 9.97. The van der Waals surface area contributed by atoms with E-state index in [0.29, 0.717) is 6.42 Å². The van der Waals surface area contributed by atoms with Crippen molar-refractivity contribution in [2.75, 3.05) is 6.54 Å². The number of carbonyl (C=O) groups excluding carboxylic acids is 1. The van der Waals surface area contributed by atoms with Crippen molar-refractivity contribution in [1.29, 1.82) is 0 Å². The van der Waals surface area contributed by atoms with Gasteiger partial charge in [-0.2, -0.15) is 0 Å². The number of aryl methyl sites for hydroxylation is 1. The van der Waals surface area contributed by atoms with E-state index < -0.39 is 0 Å². The van der Waals surface area contributed by atoms with E-state index in [1.807, 2.05) is 30.3 Å². The van der Waals surface area contributed by atoms with Gasteiger partial charge in [-0.15, -0.1) is 0 Å². The summed E-state index contributed by atoms with van der Waals surface area (Å²) in [6.07, 6.45) is 2.50. The summed E-state index contributed by atoms with van der Waals surface area (Å²) in [4.78, 5) is 20.4. The molecule has 0 N–H and O–H groups in total. The van der Waals surface area contributed by atoms with Crippen LogP contribution in [0.25, 0.3) is 0 Å². The highest BCUT2D eigenvalue weighted by Crippen LogP contribution is 2.12. The van der Waals surface area contributed by atoms with Gasteiger partial charge in [0, 0.05) is 17.3 Å². The average Bonchev–Trinajstić information content (AvgIpc) is 2.27. The highest BCUT2D eigenvalue weighted by atomic mass is 16.6. The van der Waals surface area contributed by atoms with Gasteiger partial charge in [-0.05, 0) is 18.4 Å². The number of rotatable bonds is 7. The number of nitrogens with zero attached hydrogens (tertiary/aromatic N) is 1. The molecule has 16 heavy (non-hydrogen) atoms. The second kappa shape index (κ2) is 6.71. The van der Waals surface area contributed by atoms with E-state index in [1.165, 1.54) is 0 Å². The zero-order valence-corrected chi connectivity index (χ0v) is 9.04. The first kappa shape index (κ1) is 12.4. The molecule has 1 unspecified atom stereocenters. The molecule has 0 aromatic heterocycles. The summed E-state index contributed by atoms with van der Waals surface area (Å²) in [7, 11) is 0. The molecule has 4 heteroatoms. The van der Waals surface area contributed by atoms with Crippen LogP contribution in [0, 0.1) is 16.0 Å². The van der Waals surface area contributed by atoms with Crippen LogP contribution in [0.1, 0.15) is 18.4 Å². The Morgan fingerprint density at radius 1 is 1.31 bits per heavy atom. The molecule has 0 bridgehead atoms. The highest BCUT2D eigenvalue weighted by molar-refractivity contribution is 5.49. The van der Waals surface area contributed by atoms with Crippen LogP contribution in [-0.4, -0.2) is 17.8 Å². The van der Waals surface area contributed by atoms with Gasteiger partial charge in [0.15, 0.2) is 0 Å². The van der Waals surface area contributed by atoms with Crippen LogP contribution in [0.4, 0.5) is 0 Å². The Kier molecular flexibility index (Phi) is 5.19. The van der Waals surface area contributed by atoms with E-state index in [2.05, 4.69) is 0 Å². The van der Waals surface area contributed by atoms with Crippen molar-refractivity contribution >= 4 is 6.29 Å². The second-order valence-corrected chi connectivity index (χ2v) is 3.81. The maximum absolute atomic E-state index is 10.4. The number of hydrogen-bond acceptors (Lipinski definition) is 3. The number of aldehydes is 1. The molecule has 0 aliphatic carbocycles. The van der Waals surface area contributed by atoms with E-state index in [9.17, 15) is 14.9 Å². The summed E-state index contributed by atoms with van der Waals surface area (Å²) in [5, 5.41) is 10.4. The fraction of sp³-hybridized carbons (Fsp3) is 0.417. The molecule has 1 atom stereocenters. The summed E-state index contributed by atoms with van der Waals surface area (Å²) in [6.45, 7) is -0.119. The van der Waals surface area contributed by atoms with Crippen molar-refractivity contribution in [3.05, 3.63) is 46.0 Å². The van der Waals surface area contributed by atoms with Crippen LogP contribution in [0.5, 0.6) is 0 Å². The molecule has 0 spiro atoms. The molecule has 1 rings (SSSR count). The van der Waals surface area contributed by atoms with Crippen LogP contribution in [0.3, 0.4) is 0 Å². The van der Waals surface area contributed by atoms with Gasteiger partial charge in [-0.3, -0.25) is 10.1 Å². The van der Waals surface area contributed by atoms with Gasteiger partial charge in [0.2, 0.25) is 6.54 Å². The van der Waals surface area contributed by atoms with Gasteiger partial charge in [0.05, 0.1) is 0 Å². The van der Waals surface area contributed by atoms with Crippen LogP contribution < -0.4 is 0 Å². The first-order chi connectivity index (χ1) is 7.72.